The van der Waals surface area contributed by atoms with E-state index in [-0.39, 0.29) is 64.3 Å². The molecule has 1 unspecified atom stereocenters. The number of piperidine rings is 4. The van der Waals surface area contributed by atoms with Crippen molar-refractivity contribution in [2.75, 3.05) is 63.9 Å². The summed E-state index contributed by atoms with van der Waals surface area (Å²) in [5.41, 5.74) is 2.55. The molecule has 2 aliphatic carbocycles. The number of pyridine rings is 1. The Morgan fingerprint density at radius 3 is 2.41 bits per heavy atom. The molecular formula is C57H67F2N9O6. The van der Waals surface area contributed by atoms with Crippen LogP contribution in [0.15, 0.2) is 42.5 Å². The number of hydrogen-bond acceptors (Lipinski definition) is 13. The highest BCUT2D eigenvalue weighted by atomic mass is 19.1. The van der Waals surface area contributed by atoms with Crippen LogP contribution in [0.5, 0.6) is 17.6 Å². The van der Waals surface area contributed by atoms with E-state index in [1.165, 1.54) is 17.7 Å². The molecule has 390 valence electrons. The van der Waals surface area contributed by atoms with Gasteiger partial charge in [-0.3, -0.25) is 19.6 Å². The van der Waals surface area contributed by atoms with E-state index >= 15 is 8.78 Å². The fraction of sp³-hybridized carbons (Fsp3) is 0.544. The maximum Gasteiger partial charge on any atom is 0.319 e. The van der Waals surface area contributed by atoms with Crippen LogP contribution in [0, 0.1) is 23.0 Å². The van der Waals surface area contributed by atoms with E-state index in [1.807, 2.05) is 23.6 Å². The number of carbonyl (C=O) groups excluding carboxylic acids is 2. The summed E-state index contributed by atoms with van der Waals surface area (Å²) in [5.74, 6) is -0.591. The minimum Gasteiger partial charge on any atom is -0.508 e. The number of β-amino-alcohol motifs (C(OH)–C–C–N with tert-alkyl or cyclic N) is 1. The van der Waals surface area contributed by atoms with Gasteiger partial charge in [0.15, 0.2) is 5.82 Å². The first-order valence-corrected chi connectivity index (χ1v) is 27.1. The molecule has 3 aromatic heterocycles. The Bertz CT molecular complexity index is 3180. The molecule has 4 aliphatic heterocycles. The number of likely N-dealkylation sites (tertiary alicyclic amines) is 2. The third kappa shape index (κ3) is 9.52. The number of benzene rings is 3. The van der Waals surface area contributed by atoms with Crippen LogP contribution >= 0.6 is 0 Å². The van der Waals surface area contributed by atoms with Crippen LogP contribution < -0.4 is 19.7 Å². The van der Waals surface area contributed by atoms with Crippen molar-refractivity contribution in [2.24, 2.45) is 18.4 Å². The maximum absolute atomic E-state index is 17.6. The zero-order valence-electron chi connectivity index (χ0n) is 42.8. The van der Waals surface area contributed by atoms with Gasteiger partial charge in [-0.25, -0.2) is 13.8 Å². The summed E-state index contributed by atoms with van der Waals surface area (Å²) in [7, 11) is 1.96. The molecule has 0 spiro atoms. The molecule has 4 saturated heterocycles. The summed E-state index contributed by atoms with van der Waals surface area (Å²) in [6.45, 7) is 11.0. The Labute approximate surface area is 429 Å². The van der Waals surface area contributed by atoms with Gasteiger partial charge in [0.2, 0.25) is 17.7 Å². The number of nitrogens with zero attached hydrogens (tertiary/aromatic N) is 8. The maximum atomic E-state index is 17.6. The summed E-state index contributed by atoms with van der Waals surface area (Å²) >= 11 is 0. The van der Waals surface area contributed by atoms with Gasteiger partial charge in [0, 0.05) is 56.0 Å². The number of aryl methyl sites for hydroxylation is 2. The van der Waals surface area contributed by atoms with Gasteiger partial charge in [-0.2, -0.15) is 15.1 Å². The first-order chi connectivity index (χ1) is 35.7. The third-order valence-electron chi connectivity index (χ3n) is 17.0. The first-order valence-electron chi connectivity index (χ1n) is 27.1. The number of phenols is 1. The number of aromatic nitrogens is 5. The zero-order valence-corrected chi connectivity index (χ0v) is 42.8. The van der Waals surface area contributed by atoms with Gasteiger partial charge in [-0.1, -0.05) is 31.2 Å². The fourth-order valence-corrected chi connectivity index (χ4v) is 12.7. The van der Waals surface area contributed by atoms with Gasteiger partial charge in [0.05, 0.1) is 29.3 Å². The van der Waals surface area contributed by atoms with E-state index in [0.29, 0.717) is 84.6 Å². The molecule has 2 atom stereocenters. The minimum absolute atomic E-state index is 0.0370. The number of hydrogen-bond donors (Lipinski definition) is 3. The van der Waals surface area contributed by atoms with Gasteiger partial charge in [0.1, 0.15) is 40.1 Å². The van der Waals surface area contributed by atoms with E-state index in [2.05, 4.69) is 33.3 Å². The van der Waals surface area contributed by atoms with Crippen LogP contribution in [0.25, 0.3) is 43.8 Å². The van der Waals surface area contributed by atoms with Gasteiger partial charge >= 0.3 is 6.01 Å². The lowest BCUT2D eigenvalue weighted by molar-refractivity contribution is -0.134. The number of carbonyl (C=O) groups is 2. The average molecular weight is 1010 g/mol. The Kier molecular flexibility index (Phi) is 12.7. The smallest absolute Gasteiger partial charge is 0.319 e. The molecule has 17 heteroatoms. The third-order valence-corrected chi connectivity index (χ3v) is 17.0. The minimum atomic E-state index is -1.01. The van der Waals surface area contributed by atoms with Crippen LogP contribution in [-0.2, 0) is 23.1 Å². The highest BCUT2D eigenvalue weighted by Crippen LogP contribution is 2.48. The van der Waals surface area contributed by atoms with Crippen LogP contribution in [0.1, 0.15) is 120 Å². The lowest BCUT2D eigenvalue weighted by atomic mass is 9.86. The molecule has 15 nitrogen and oxygen atoms in total. The van der Waals surface area contributed by atoms with E-state index in [0.717, 1.165) is 107 Å². The molecule has 2 amide bonds. The molecule has 6 aromatic rings. The molecule has 7 heterocycles. The van der Waals surface area contributed by atoms with Crippen molar-refractivity contribution in [1.29, 1.82) is 0 Å². The number of halogens is 2. The second kappa shape index (κ2) is 19.3. The summed E-state index contributed by atoms with van der Waals surface area (Å²) in [6.07, 6.45) is 10.4. The number of aromatic hydroxyl groups is 1. The highest BCUT2D eigenvalue weighted by Gasteiger charge is 2.46. The van der Waals surface area contributed by atoms with Crippen LogP contribution in [0.4, 0.5) is 14.6 Å². The molecular weight excluding hydrogens is 945 g/mol. The molecule has 6 fully saturated rings. The number of amides is 2. The van der Waals surface area contributed by atoms with Crippen molar-refractivity contribution in [1.82, 2.24) is 39.8 Å². The molecule has 3 aromatic carbocycles. The summed E-state index contributed by atoms with van der Waals surface area (Å²) in [4.78, 5) is 46.5. The Morgan fingerprint density at radius 2 is 1.68 bits per heavy atom. The SMILES string of the molecule is CCc1c(F)ccc2cc(O)cc(-c3nc(OC4CC4)c4c(N5CCC[C@@](C)(O)C5)nc(OCC5(CN6CCC(CN7CCC(c8cccc9c(C%10CCC(=O)NC%10=O)nn(C)c89)CC7)CC6)CC5)nc4c3F)c12. The molecule has 0 radical (unpaired) electrons. The number of nitrogens with one attached hydrogen (secondary N) is 1. The fourth-order valence-electron chi connectivity index (χ4n) is 12.7. The topological polar surface area (TPSA) is 171 Å². The average Bonchev–Trinajstić information content (AvgIpc) is 4.34. The van der Waals surface area contributed by atoms with Crippen molar-refractivity contribution < 1.29 is 38.1 Å². The number of rotatable bonds is 14. The Hall–Kier alpha value is -6.04. The second-order valence-electron chi connectivity index (χ2n) is 22.8. The zero-order chi connectivity index (χ0) is 51.0. The molecule has 6 aliphatic rings. The van der Waals surface area contributed by atoms with Crippen LogP contribution in [-0.4, -0.2) is 127 Å². The Morgan fingerprint density at radius 1 is 0.892 bits per heavy atom. The van der Waals surface area contributed by atoms with E-state index in [9.17, 15) is 19.8 Å². The monoisotopic (exact) mass is 1010 g/mol. The number of para-hydroxylation sites is 1. The van der Waals surface area contributed by atoms with Gasteiger partial charge in [0.25, 0.3) is 0 Å². The first kappa shape index (κ1) is 48.9. The van der Waals surface area contributed by atoms with E-state index in [4.69, 9.17) is 29.5 Å². The highest BCUT2D eigenvalue weighted by molar-refractivity contribution is 6.04. The second-order valence-corrected chi connectivity index (χ2v) is 22.8. The number of imide groups is 1. The van der Waals surface area contributed by atoms with E-state index in [1.54, 1.807) is 19.1 Å². The van der Waals surface area contributed by atoms with Crippen LogP contribution in [0.2, 0.25) is 0 Å². The number of phenolic OH excluding ortho intramolecular Hbond substituents is 1. The van der Waals surface area contributed by atoms with Crippen molar-refractivity contribution >= 4 is 50.2 Å². The van der Waals surface area contributed by atoms with Crippen LogP contribution in [0.3, 0.4) is 0 Å². The van der Waals surface area contributed by atoms with Crippen molar-refractivity contribution in [3.8, 4) is 28.9 Å². The number of anilines is 1. The molecule has 0 bridgehead atoms. The summed E-state index contributed by atoms with van der Waals surface area (Å²) in [6, 6.07) is 12.3. The van der Waals surface area contributed by atoms with Crippen molar-refractivity contribution in [3.63, 3.8) is 0 Å². The number of fused-ring (bicyclic) bond motifs is 3. The van der Waals surface area contributed by atoms with Gasteiger partial charge < -0.3 is 34.4 Å². The molecule has 3 N–H and O–H groups in total. The summed E-state index contributed by atoms with van der Waals surface area (Å²) < 4.78 is 48.0. The molecule has 74 heavy (non-hydrogen) atoms. The quantitative estimate of drug-likeness (QED) is 0.0890. The largest absolute Gasteiger partial charge is 0.508 e. The number of aliphatic hydroxyl groups is 1. The van der Waals surface area contributed by atoms with Crippen molar-refractivity contribution in [3.05, 3.63) is 70.9 Å². The molecule has 12 rings (SSSR count). The molecule has 2 saturated carbocycles. The lowest BCUT2D eigenvalue weighted by Gasteiger charge is -2.39. The Balaban J connectivity index is 0.732. The van der Waals surface area contributed by atoms with Crippen molar-refractivity contribution in [2.45, 2.75) is 121 Å². The van der Waals surface area contributed by atoms with Gasteiger partial charge in [-0.05, 0) is 162 Å². The lowest BCUT2D eigenvalue weighted by Crippen LogP contribution is -2.46. The normalized spacial score (nSPS) is 23.3. The van der Waals surface area contributed by atoms with Gasteiger partial charge in [-0.15, -0.1) is 0 Å². The summed E-state index contributed by atoms with van der Waals surface area (Å²) in [5, 5.41) is 31.9. The predicted molar refractivity (Wildman–Crippen MR) is 278 cm³/mol. The number of ether oxygens (including phenoxy) is 2. The standard InChI is InChI=1S/C57H67F2N9O6/c1-4-38-43(58)13-9-35-27-36(69)28-42(45(35)38)49-47(59)50-46(54(61-49)74-37-10-11-37)52(68-22-6-19-56(2,72)30-68)63-55(62-50)73-32-57(20-21-57)31-67-23-15-33(16-24-67)29-66-25-17-34(18-26-66)39-7-5-8-40-48(64-65(3)51(39)40)41-12-14-44(70)60-53(41)71/h5,7-9,13,27-28,33-34,37,41,69,72H,4,6,10-12,14-26,29-32H2,1-3H3,(H,60,70,71)/t41?,56-/m1/s1. The van der Waals surface area contributed by atoms with E-state index < -0.39 is 23.2 Å². The predicted octanol–water partition coefficient (Wildman–Crippen LogP) is 8.44.